The molecule has 0 amide bonds. The van der Waals surface area contributed by atoms with Gasteiger partial charge in [0.1, 0.15) is 0 Å². The van der Waals surface area contributed by atoms with Gasteiger partial charge in [-0.25, -0.2) is 0 Å². The maximum absolute atomic E-state index is 11.9. The number of nitrogens with one attached hydrogen (secondary N) is 2. The SMILES string of the molecule is O=c1[nH][nH]c(-c2cccnc2)c1N=Nc1cc(Cl)cc(Cl)c1. The highest BCUT2D eigenvalue weighted by molar-refractivity contribution is 6.35. The van der Waals surface area contributed by atoms with Crippen molar-refractivity contribution in [2.75, 3.05) is 0 Å². The van der Waals surface area contributed by atoms with Crippen molar-refractivity contribution in [3.05, 3.63) is 63.1 Å². The molecule has 0 unspecified atom stereocenters. The molecule has 6 nitrogen and oxygen atoms in total. The first-order valence-electron chi connectivity index (χ1n) is 6.22. The summed E-state index contributed by atoms with van der Waals surface area (Å²) in [5.74, 6) is 0. The molecule has 22 heavy (non-hydrogen) atoms. The van der Waals surface area contributed by atoms with Crippen LogP contribution in [0.15, 0.2) is 57.7 Å². The van der Waals surface area contributed by atoms with E-state index < -0.39 is 0 Å². The molecule has 0 saturated heterocycles. The summed E-state index contributed by atoms with van der Waals surface area (Å²) in [7, 11) is 0. The minimum absolute atomic E-state index is 0.157. The van der Waals surface area contributed by atoms with E-state index in [1.165, 1.54) is 0 Å². The summed E-state index contributed by atoms with van der Waals surface area (Å²) in [6.45, 7) is 0. The third kappa shape index (κ3) is 3.08. The molecule has 8 heteroatoms. The van der Waals surface area contributed by atoms with Crippen LogP contribution in [-0.4, -0.2) is 15.2 Å². The van der Waals surface area contributed by atoms with Gasteiger partial charge < -0.3 is 0 Å². The second-order valence-electron chi connectivity index (χ2n) is 4.37. The lowest BCUT2D eigenvalue weighted by molar-refractivity contribution is 1.06. The molecule has 3 rings (SSSR count). The van der Waals surface area contributed by atoms with E-state index in [0.717, 1.165) is 5.56 Å². The van der Waals surface area contributed by atoms with Crippen molar-refractivity contribution < 1.29 is 0 Å². The van der Waals surface area contributed by atoms with Crippen molar-refractivity contribution in [3.8, 4) is 11.3 Å². The molecule has 0 saturated carbocycles. The monoisotopic (exact) mass is 333 g/mol. The minimum atomic E-state index is -0.379. The quantitative estimate of drug-likeness (QED) is 0.692. The average molecular weight is 334 g/mol. The summed E-state index contributed by atoms with van der Waals surface area (Å²) in [5.41, 5.74) is 1.46. The Bertz CT molecular complexity index is 865. The van der Waals surface area contributed by atoms with Gasteiger partial charge in [-0.2, -0.15) is 5.11 Å². The zero-order valence-corrected chi connectivity index (χ0v) is 12.6. The maximum Gasteiger partial charge on any atom is 0.292 e. The van der Waals surface area contributed by atoms with Crippen LogP contribution >= 0.6 is 23.2 Å². The first-order chi connectivity index (χ1) is 10.6. The van der Waals surface area contributed by atoms with Crippen LogP contribution in [0.1, 0.15) is 0 Å². The van der Waals surface area contributed by atoms with Gasteiger partial charge in [0, 0.05) is 28.0 Å². The van der Waals surface area contributed by atoms with Gasteiger partial charge in [-0.05, 0) is 30.3 Å². The molecule has 2 heterocycles. The first-order valence-corrected chi connectivity index (χ1v) is 6.98. The van der Waals surface area contributed by atoms with Crippen LogP contribution in [0.25, 0.3) is 11.3 Å². The van der Waals surface area contributed by atoms with Gasteiger partial charge >= 0.3 is 0 Å². The average Bonchev–Trinajstić information content (AvgIpc) is 2.86. The van der Waals surface area contributed by atoms with Crippen LogP contribution in [0.5, 0.6) is 0 Å². The number of nitrogens with zero attached hydrogens (tertiary/aromatic N) is 3. The molecule has 2 aromatic heterocycles. The van der Waals surface area contributed by atoms with Crippen molar-refractivity contribution in [1.29, 1.82) is 0 Å². The summed E-state index contributed by atoms with van der Waals surface area (Å²) in [4.78, 5) is 15.9. The fraction of sp³-hybridized carbons (Fsp3) is 0. The van der Waals surface area contributed by atoms with E-state index in [1.807, 2.05) is 0 Å². The summed E-state index contributed by atoms with van der Waals surface area (Å²) in [5, 5.41) is 14.1. The van der Waals surface area contributed by atoms with Crippen LogP contribution in [-0.2, 0) is 0 Å². The van der Waals surface area contributed by atoms with Crippen LogP contribution in [0.4, 0.5) is 11.4 Å². The molecule has 0 fully saturated rings. The van der Waals surface area contributed by atoms with Gasteiger partial charge in [0.05, 0.1) is 11.4 Å². The highest BCUT2D eigenvalue weighted by Gasteiger charge is 2.11. The number of hydrogen-bond acceptors (Lipinski definition) is 4. The van der Waals surface area contributed by atoms with Gasteiger partial charge in [0.25, 0.3) is 5.56 Å². The fourth-order valence-corrected chi connectivity index (χ4v) is 2.39. The standard InChI is InChI=1S/C14H9Cl2N5O/c15-9-4-10(16)6-11(5-9)18-20-13-12(19-21-14(13)22)8-2-1-3-17-7-8/h1-7H,(H2,19,21,22). The van der Waals surface area contributed by atoms with Gasteiger partial charge in [-0.15, -0.1) is 5.11 Å². The third-order valence-corrected chi connectivity index (χ3v) is 3.25. The Kier molecular flexibility index (Phi) is 4.04. The van der Waals surface area contributed by atoms with Gasteiger partial charge in [0.15, 0.2) is 5.69 Å². The summed E-state index contributed by atoms with van der Waals surface area (Å²) in [6, 6.07) is 8.36. The first kappa shape index (κ1) is 14.5. The molecule has 0 aliphatic carbocycles. The molecule has 0 aliphatic rings. The fourth-order valence-electron chi connectivity index (χ4n) is 1.87. The molecular formula is C14H9Cl2N5O. The second-order valence-corrected chi connectivity index (χ2v) is 5.24. The normalized spacial score (nSPS) is 11.2. The van der Waals surface area contributed by atoms with Crippen LogP contribution < -0.4 is 5.56 Å². The van der Waals surface area contributed by atoms with E-state index >= 15 is 0 Å². The topological polar surface area (TPSA) is 86.3 Å². The van der Waals surface area contributed by atoms with Crippen molar-refractivity contribution in [2.24, 2.45) is 10.2 Å². The molecule has 0 spiro atoms. The molecule has 0 atom stereocenters. The largest absolute Gasteiger partial charge is 0.295 e. The molecule has 0 radical (unpaired) electrons. The Morgan fingerprint density at radius 2 is 1.82 bits per heavy atom. The predicted molar refractivity (Wildman–Crippen MR) is 85.3 cm³/mol. The van der Waals surface area contributed by atoms with Gasteiger partial charge in [-0.1, -0.05) is 23.2 Å². The van der Waals surface area contributed by atoms with E-state index in [1.54, 1.807) is 42.7 Å². The number of aromatic amines is 2. The molecule has 3 aromatic rings. The Morgan fingerprint density at radius 3 is 2.50 bits per heavy atom. The summed E-state index contributed by atoms with van der Waals surface area (Å²) < 4.78 is 0. The number of benzene rings is 1. The number of rotatable bonds is 3. The predicted octanol–water partition coefficient (Wildman–Crippen LogP) is 4.49. The van der Waals surface area contributed by atoms with Crippen LogP contribution in [0.3, 0.4) is 0 Å². The number of pyridine rings is 1. The van der Waals surface area contributed by atoms with Crippen molar-refractivity contribution >= 4 is 34.6 Å². The Balaban J connectivity index is 2.01. The number of halogens is 2. The van der Waals surface area contributed by atoms with E-state index in [9.17, 15) is 4.79 Å². The lowest BCUT2D eigenvalue weighted by Crippen LogP contribution is -1.96. The number of H-pyrrole nitrogens is 2. The Morgan fingerprint density at radius 1 is 1.05 bits per heavy atom. The highest BCUT2D eigenvalue weighted by atomic mass is 35.5. The van der Waals surface area contributed by atoms with Crippen molar-refractivity contribution in [2.45, 2.75) is 0 Å². The van der Waals surface area contributed by atoms with Crippen molar-refractivity contribution in [3.63, 3.8) is 0 Å². The maximum atomic E-state index is 11.9. The Hall–Kier alpha value is -2.44. The van der Waals surface area contributed by atoms with E-state index in [4.69, 9.17) is 23.2 Å². The lowest BCUT2D eigenvalue weighted by atomic mass is 10.2. The molecule has 0 aliphatic heterocycles. The van der Waals surface area contributed by atoms with E-state index in [0.29, 0.717) is 21.4 Å². The zero-order valence-electron chi connectivity index (χ0n) is 11.0. The van der Waals surface area contributed by atoms with E-state index in [2.05, 4.69) is 25.4 Å². The number of azo groups is 1. The van der Waals surface area contributed by atoms with E-state index in [-0.39, 0.29) is 11.2 Å². The number of hydrogen-bond donors (Lipinski definition) is 2. The molecule has 0 bridgehead atoms. The molecule has 110 valence electrons. The minimum Gasteiger partial charge on any atom is -0.295 e. The molecule has 2 N–H and O–H groups in total. The second kappa shape index (κ2) is 6.13. The van der Waals surface area contributed by atoms with Crippen molar-refractivity contribution in [1.82, 2.24) is 15.2 Å². The summed E-state index contributed by atoms with van der Waals surface area (Å²) in [6.07, 6.45) is 3.26. The van der Waals surface area contributed by atoms with Crippen LogP contribution in [0.2, 0.25) is 10.0 Å². The van der Waals surface area contributed by atoms with Crippen LogP contribution in [0, 0.1) is 0 Å². The Labute approximate surface area is 134 Å². The zero-order chi connectivity index (χ0) is 15.5. The third-order valence-electron chi connectivity index (χ3n) is 2.82. The number of aromatic nitrogens is 3. The summed E-state index contributed by atoms with van der Waals surface area (Å²) >= 11 is 11.8. The lowest BCUT2D eigenvalue weighted by Gasteiger charge is -1.98. The smallest absolute Gasteiger partial charge is 0.292 e. The highest BCUT2D eigenvalue weighted by Crippen LogP contribution is 2.28. The van der Waals surface area contributed by atoms with Gasteiger partial charge in [-0.3, -0.25) is 20.0 Å². The molecular weight excluding hydrogens is 325 g/mol. The van der Waals surface area contributed by atoms with Gasteiger partial charge in [0.2, 0.25) is 0 Å². The molecule has 1 aromatic carbocycles.